The summed E-state index contributed by atoms with van der Waals surface area (Å²) < 4.78 is 17.4. The predicted octanol–water partition coefficient (Wildman–Crippen LogP) is 3.23. The maximum absolute atomic E-state index is 12.8. The number of ether oxygens (including phenoxy) is 3. The van der Waals surface area contributed by atoms with Crippen LogP contribution < -0.4 is 14.8 Å². The monoisotopic (exact) mass is 485 g/mol. The number of amides is 1. The Bertz CT molecular complexity index is 882. The fourth-order valence-corrected chi connectivity index (χ4v) is 3.46. The molecule has 0 aliphatic carbocycles. The number of hydrogen-bond acceptors (Lipinski definition) is 8. The normalized spacial score (nSPS) is 14.4. The van der Waals surface area contributed by atoms with Gasteiger partial charge in [-0.3, -0.25) is 9.78 Å². The van der Waals surface area contributed by atoms with Crippen LogP contribution in [0.4, 0.5) is 0 Å². The van der Waals surface area contributed by atoms with Crippen LogP contribution in [0.15, 0.2) is 34.0 Å². The second kappa shape index (κ2) is 10.7. The zero-order valence-corrected chi connectivity index (χ0v) is 19.3. The third-order valence-electron chi connectivity index (χ3n) is 3.88. The highest BCUT2D eigenvalue weighted by Gasteiger charge is 2.30. The lowest BCUT2D eigenvalue weighted by molar-refractivity contribution is -0.126. The van der Waals surface area contributed by atoms with Gasteiger partial charge in [-0.05, 0) is 41.2 Å². The molecule has 1 heterocycles. The van der Waals surface area contributed by atoms with Gasteiger partial charge >= 0.3 is 0 Å². The number of thioether (sulfide) groups is 1. The van der Waals surface area contributed by atoms with Crippen molar-refractivity contribution in [1.29, 1.82) is 0 Å². The number of rotatable bonds is 10. The third-order valence-corrected chi connectivity index (χ3v) is 5.05. The molecule has 0 bridgehead atoms. The van der Waals surface area contributed by atoms with Crippen LogP contribution in [0.5, 0.6) is 11.5 Å². The number of halogens is 1. The molecule has 2 rings (SSSR count). The minimum Gasteiger partial charge on any atom is -0.494 e. The average Bonchev–Trinajstić information content (AvgIpc) is 2.69. The number of fused-ring (bicyclic) bond motifs is 1. The number of nitrogens with one attached hydrogen (secondary N) is 1. The van der Waals surface area contributed by atoms with E-state index in [0.29, 0.717) is 17.0 Å². The van der Waals surface area contributed by atoms with Gasteiger partial charge in [0.05, 0.1) is 25.5 Å². The lowest BCUT2D eigenvalue weighted by Gasteiger charge is -2.27. The summed E-state index contributed by atoms with van der Waals surface area (Å²) in [5.41, 5.74) is -0.948. The molecule has 1 aromatic heterocycles. The van der Waals surface area contributed by atoms with Crippen molar-refractivity contribution >= 4 is 50.7 Å². The zero-order chi connectivity index (χ0) is 21.4. The van der Waals surface area contributed by atoms with Crippen molar-refractivity contribution in [3.63, 3.8) is 0 Å². The van der Waals surface area contributed by atoms with Crippen molar-refractivity contribution in [2.45, 2.75) is 17.9 Å². The lowest BCUT2D eigenvalue weighted by Crippen LogP contribution is -2.54. The Morgan fingerprint density at radius 1 is 1.38 bits per heavy atom. The van der Waals surface area contributed by atoms with Gasteiger partial charge in [-0.25, -0.2) is 0 Å². The molecule has 0 aliphatic heterocycles. The number of aromatic nitrogens is 1. The molecule has 10 heteroatoms. The quantitative estimate of drug-likeness (QED) is 0.313. The van der Waals surface area contributed by atoms with Crippen LogP contribution in [0, 0.1) is 0 Å². The summed E-state index contributed by atoms with van der Waals surface area (Å²) in [4.78, 5) is 21.9. The fourth-order valence-electron chi connectivity index (χ4n) is 2.63. The van der Waals surface area contributed by atoms with Crippen molar-refractivity contribution in [2.75, 3.05) is 34.2 Å². The maximum Gasteiger partial charge on any atom is 0.272 e. The molecular formula is C19H24BrN3O5S. The average molecular weight is 486 g/mol. The number of pyridine rings is 1. The molecule has 0 aliphatic rings. The van der Waals surface area contributed by atoms with Crippen LogP contribution in [-0.4, -0.2) is 62.3 Å². The minimum atomic E-state index is -0.852. The van der Waals surface area contributed by atoms with E-state index in [1.54, 1.807) is 39.7 Å². The van der Waals surface area contributed by atoms with E-state index >= 15 is 0 Å². The third kappa shape index (κ3) is 6.22. The number of carbonyl (C=O) groups excluding carboxylic acids is 1. The van der Waals surface area contributed by atoms with E-state index in [9.17, 15) is 4.79 Å². The van der Waals surface area contributed by atoms with Crippen molar-refractivity contribution in [3.05, 3.63) is 28.9 Å². The molecule has 0 saturated heterocycles. The number of methoxy groups -OCH3 is 2. The first kappa shape index (κ1) is 23.2. The van der Waals surface area contributed by atoms with E-state index in [1.807, 2.05) is 12.1 Å². The largest absolute Gasteiger partial charge is 0.494 e. The first-order chi connectivity index (χ1) is 13.9. The maximum atomic E-state index is 12.8. The van der Waals surface area contributed by atoms with Crippen molar-refractivity contribution < 1.29 is 23.8 Å². The Hall–Kier alpha value is -2.04. The molecular weight excluding hydrogens is 462 g/mol. The van der Waals surface area contributed by atoms with Crippen molar-refractivity contribution in [1.82, 2.24) is 10.3 Å². The Morgan fingerprint density at radius 2 is 2.14 bits per heavy atom. The highest BCUT2D eigenvalue weighted by Crippen LogP contribution is 2.32. The van der Waals surface area contributed by atoms with Crippen LogP contribution in [0.25, 0.3) is 10.9 Å². The number of carbonyl (C=O) groups is 1. The molecule has 0 radical (unpaired) electrons. The molecule has 1 aromatic carbocycles. The van der Waals surface area contributed by atoms with Gasteiger partial charge in [-0.1, -0.05) is 5.16 Å². The number of hydrogen-bond donors (Lipinski definition) is 1. The molecule has 2 unspecified atom stereocenters. The Kier molecular flexibility index (Phi) is 8.54. The highest BCUT2D eigenvalue weighted by atomic mass is 79.9. The Labute approximate surface area is 182 Å². The van der Waals surface area contributed by atoms with Crippen LogP contribution in [0.3, 0.4) is 0 Å². The van der Waals surface area contributed by atoms with Crippen LogP contribution in [0.2, 0.25) is 0 Å². The van der Waals surface area contributed by atoms with Gasteiger partial charge in [0.15, 0.2) is 0 Å². The van der Waals surface area contributed by atoms with Gasteiger partial charge in [0, 0.05) is 29.2 Å². The van der Waals surface area contributed by atoms with E-state index in [2.05, 4.69) is 31.4 Å². The summed E-state index contributed by atoms with van der Waals surface area (Å²) in [6.07, 6.45) is 4.97. The van der Waals surface area contributed by atoms with Crippen LogP contribution >= 0.6 is 27.7 Å². The summed E-state index contributed by atoms with van der Waals surface area (Å²) >= 11 is 4.67. The van der Waals surface area contributed by atoms with Crippen molar-refractivity contribution in [2.24, 2.45) is 5.16 Å². The number of nitrogens with zero attached hydrogens (tertiary/aromatic N) is 2. The molecule has 1 amide bonds. The number of benzene rings is 1. The van der Waals surface area contributed by atoms with E-state index in [-0.39, 0.29) is 12.5 Å². The summed E-state index contributed by atoms with van der Waals surface area (Å²) in [5, 5.41) is 7.46. The molecule has 1 N–H and O–H groups in total. The van der Waals surface area contributed by atoms with Gasteiger partial charge < -0.3 is 24.4 Å². The highest BCUT2D eigenvalue weighted by molar-refractivity contribution is 9.10. The molecule has 2 aromatic rings. The SMILES string of the molecule is COCC(C)(C=NOC)NC(=O)C(Oc1cc(OC)c2ncc(Br)cc2c1)SC. The second-order valence-electron chi connectivity index (χ2n) is 6.29. The number of oxime groups is 1. The topological polar surface area (TPSA) is 91.3 Å². The first-order valence-corrected chi connectivity index (χ1v) is 10.6. The fraction of sp³-hybridized carbons (Fsp3) is 0.421. The van der Waals surface area contributed by atoms with Gasteiger partial charge in [-0.15, -0.1) is 11.8 Å². The molecule has 29 heavy (non-hydrogen) atoms. The molecule has 2 atom stereocenters. The van der Waals surface area contributed by atoms with Gasteiger partial charge in [0.2, 0.25) is 5.44 Å². The summed E-state index contributed by atoms with van der Waals surface area (Å²) in [7, 11) is 4.53. The molecule has 0 fully saturated rings. The Morgan fingerprint density at radius 3 is 2.76 bits per heavy atom. The second-order valence-corrected chi connectivity index (χ2v) is 8.11. The van der Waals surface area contributed by atoms with Crippen molar-refractivity contribution in [3.8, 4) is 11.5 Å². The lowest BCUT2D eigenvalue weighted by atomic mass is 10.1. The van der Waals surface area contributed by atoms with Gasteiger partial charge in [0.25, 0.3) is 5.91 Å². The molecule has 158 valence electrons. The van der Waals surface area contributed by atoms with Gasteiger partial charge in [0.1, 0.15) is 24.1 Å². The molecule has 8 nitrogen and oxygen atoms in total. The smallest absolute Gasteiger partial charge is 0.272 e. The summed E-state index contributed by atoms with van der Waals surface area (Å²) in [5.74, 6) is 0.718. The summed E-state index contributed by atoms with van der Waals surface area (Å²) in [6.45, 7) is 1.99. The van der Waals surface area contributed by atoms with Crippen LogP contribution in [0.1, 0.15) is 6.92 Å². The van der Waals surface area contributed by atoms with E-state index in [4.69, 9.17) is 19.0 Å². The minimum absolute atomic E-state index is 0.218. The molecule has 0 saturated carbocycles. The molecule has 0 spiro atoms. The summed E-state index contributed by atoms with van der Waals surface area (Å²) in [6, 6.07) is 5.43. The van der Waals surface area contributed by atoms with Crippen LogP contribution in [-0.2, 0) is 14.4 Å². The van der Waals surface area contributed by atoms with E-state index in [0.717, 1.165) is 9.86 Å². The first-order valence-electron chi connectivity index (χ1n) is 8.57. The Balaban J connectivity index is 2.26. The van der Waals surface area contributed by atoms with Gasteiger partial charge in [-0.2, -0.15) is 0 Å². The zero-order valence-electron chi connectivity index (χ0n) is 16.9. The predicted molar refractivity (Wildman–Crippen MR) is 118 cm³/mol. The standard InChI is InChI=1S/C19H24BrN3O5S/c1-19(11-25-2,10-22-27-4)23-17(24)18(29-5)28-14-7-12-6-13(20)9-21-16(12)15(8-14)26-3/h6-10,18H,11H2,1-5H3,(H,23,24). The van der Waals surface area contributed by atoms with E-state index < -0.39 is 11.0 Å². The van der Waals surface area contributed by atoms with E-state index in [1.165, 1.54) is 25.1 Å².